The Kier molecular flexibility index (Phi) is 3.81. The highest BCUT2D eigenvalue weighted by molar-refractivity contribution is 7.16. The Bertz CT molecular complexity index is 408. The van der Waals surface area contributed by atoms with Crippen LogP contribution in [0, 0.1) is 0 Å². The molecule has 1 unspecified atom stereocenters. The van der Waals surface area contributed by atoms with Gasteiger partial charge in [0, 0.05) is 9.75 Å². The molecule has 1 atom stereocenters. The molecular formula is C11H11ClOS2. The van der Waals surface area contributed by atoms with Gasteiger partial charge >= 0.3 is 0 Å². The maximum Gasteiger partial charge on any atom is 0.0932 e. The van der Waals surface area contributed by atoms with E-state index in [1.807, 2.05) is 18.2 Å². The molecule has 0 saturated carbocycles. The molecule has 0 aromatic carbocycles. The molecule has 0 radical (unpaired) electrons. The van der Waals surface area contributed by atoms with Gasteiger partial charge in [0.15, 0.2) is 0 Å². The minimum Gasteiger partial charge on any atom is -0.388 e. The van der Waals surface area contributed by atoms with Gasteiger partial charge in [-0.25, -0.2) is 0 Å². The summed E-state index contributed by atoms with van der Waals surface area (Å²) >= 11 is 9.00. The van der Waals surface area contributed by atoms with Crippen molar-refractivity contribution in [1.82, 2.24) is 0 Å². The van der Waals surface area contributed by atoms with E-state index in [4.69, 9.17) is 11.6 Å². The number of thiophene rings is 2. The van der Waals surface area contributed by atoms with Crippen molar-refractivity contribution in [2.75, 3.05) is 0 Å². The first-order valence-electron chi connectivity index (χ1n) is 4.71. The van der Waals surface area contributed by atoms with E-state index in [2.05, 4.69) is 11.4 Å². The van der Waals surface area contributed by atoms with Gasteiger partial charge < -0.3 is 5.11 Å². The van der Waals surface area contributed by atoms with Crippen LogP contribution < -0.4 is 0 Å². The molecule has 2 aromatic rings. The van der Waals surface area contributed by atoms with Crippen LogP contribution in [-0.2, 0) is 6.42 Å². The van der Waals surface area contributed by atoms with E-state index < -0.39 is 0 Å². The van der Waals surface area contributed by atoms with Gasteiger partial charge in [-0.05, 0) is 36.4 Å². The smallest absolute Gasteiger partial charge is 0.0932 e. The molecule has 2 aromatic heterocycles. The van der Waals surface area contributed by atoms with Gasteiger partial charge in [-0.3, -0.25) is 0 Å². The Morgan fingerprint density at radius 2 is 2.20 bits per heavy atom. The van der Waals surface area contributed by atoms with Crippen LogP contribution in [0.15, 0.2) is 29.6 Å². The van der Waals surface area contributed by atoms with E-state index in [-0.39, 0.29) is 6.10 Å². The zero-order valence-corrected chi connectivity index (χ0v) is 10.4. The minimum atomic E-state index is -0.385. The van der Waals surface area contributed by atoms with E-state index >= 15 is 0 Å². The van der Waals surface area contributed by atoms with Crippen LogP contribution >= 0.6 is 34.3 Å². The van der Waals surface area contributed by atoms with Crippen molar-refractivity contribution in [1.29, 1.82) is 0 Å². The number of halogens is 1. The van der Waals surface area contributed by atoms with Gasteiger partial charge in [0.2, 0.25) is 0 Å². The second-order valence-electron chi connectivity index (χ2n) is 3.28. The topological polar surface area (TPSA) is 20.2 Å². The molecule has 80 valence electrons. The van der Waals surface area contributed by atoms with E-state index in [9.17, 15) is 5.11 Å². The maximum atomic E-state index is 9.89. The Hall–Kier alpha value is -0.350. The Morgan fingerprint density at radius 3 is 2.80 bits per heavy atom. The highest BCUT2D eigenvalue weighted by Gasteiger charge is 2.10. The Balaban J connectivity index is 1.90. The molecule has 2 rings (SSSR count). The van der Waals surface area contributed by atoms with Crippen LogP contribution in [0.25, 0.3) is 0 Å². The zero-order valence-electron chi connectivity index (χ0n) is 8.02. The third-order valence-electron chi connectivity index (χ3n) is 2.17. The number of rotatable bonds is 4. The first-order valence-corrected chi connectivity index (χ1v) is 6.79. The van der Waals surface area contributed by atoms with Crippen LogP contribution in [-0.4, -0.2) is 5.11 Å². The molecule has 1 nitrogen and oxygen atoms in total. The third-order valence-corrected chi connectivity index (χ3v) is 4.44. The van der Waals surface area contributed by atoms with Crippen LogP contribution in [0.5, 0.6) is 0 Å². The van der Waals surface area contributed by atoms with E-state index in [1.165, 1.54) is 16.2 Å². The number of aliphatic hydroxyl groups is 1. The summed E-state index contributed by atoms with van der Waals surface area (Å²) in [7, 11) is 0. The van der Waals surface area contributed by atoms with Gasteiger partial charge in [0.05, 0.1) is 10.4 Å². The molecule has 1 N–H and O–H groups in total. The van der Waals surface area contributed by atoms with Crippen LogP contribution in [0.4, 0.5) is 0 Å². The van der Waals surface area contributed by atoms with Crippen LogP contribution in [0.1, 0.15) is 22.3 Å². The minimum absolute atomic E-state index is 0.385. The first kappa shape index (κ1) is 11.1. The predicted molar refractivity (Wildman–Crippen MR) is 66.9 cm³/mol. The van der Waals surface area contributed by atoms with E-state index in [0.29, 0.717) is 0 Å². The Morgan fingerprint density at radius 1 is 1.33 bits per heavy atom. The zero-order chi connectivity index (χ0) is 10.7. The highest BCUT2D eigenvalue weighted by Crippen LogP contribution is 2.29. The molecule has 0 aliphatic carbocycles. The van der Waals surface area contributed by atoms with Crippen molar-refractivity contribution in [2.24, 2.45) is 0 Å². The summed E-state index contributed by atoms with van der Waals surface area (Å²) in [5, 5.41) is 11.9. The van der Waals surface area contributed by atoms with Crippen molar-refractivity contribution in [3.05, 3.63) is 43.7 Å². The number of hydrogen-bond donors (Lipinski definition) is 1. The average molecular weight is 259 g/mol. The molecule has 0 bridgehead atoms. The largest absolute Gasteiger partial charge is 0.388 e. The summed E-state index contributed by atoms with van der Waals surface area (Å²) in [6.07, 6.45) is 1.30. The van der Waals surface area contributed by atoms with Crippen molar-refractivity contribution in [2.45, 2.75) is 18.9 Å². The quantitative estimate of drug-likeness (QED) is 0.874. The fourth-order valence-corrected chi connectivity index (χ4v) is 3.19. The number of aliphatic hydroxyl groups excluding tert-OH is 1. The molecule has 0 fully saturated rings. The van der Waals surface area contributed by atoms with Gasteiger partial charge in [0.1, 0.15) is 0 Å². The monoisotopic (exact) mass is 258 g/mol. The lowest BCUT2D eigenvalue weighted by Gasteiger charge is -2.06. The summed E-state index contributed by atoms with van der Waals surface area (Å²) in [5.74, 6) is 0. The molecule has 0 amide bonds. The standard InChI is InChI=1S/C11H11ClOS2/c12-11-6-5-10(15-11)9(13)4-3-8-2-1-7-14-8/h1-2,5-7,9,13H,3-4H2. The van der Waals surface area contributed by atoms with Gasteiger partial charge in [-0.2, -0.15) is 0 Å². The second-order valence-corrected chi connectivity index (χ2v) is 6.05. The summed E-state index contributed by atoms with van der Waals surface area (Å²) in [5.41, 5.74) is 0. The lowest BCUT2D eigenvalue weighted by atomic mass is 10.1. The van der Waals surface area contributed by atoms with Gasteiger partial charge in [-0.1, -0.05) is 17.7 Å². The van der Waals surface area contributed by atoms with Gasteiger partial charge in [0.25, 0.3) is 0 Å². The SMILES string of the molecule is OC(CCc1cccs1)c1ccc(Cl)s1. The fourth-order valence-electron chi connectivity index (χ4n) is 1.38. The van der Waals surface area contributed by atoms with Crippen molar-refractivity contribution in [3.8, 4) is 0 Å². The second kappa shape index (κ2) is 5.12. The summed E-state index contributed by atoms with van der Waals surface area (Å²) < 4.78 is 0.736. The Labute approximate surface area is 102 Å². The van der Waals surface area contributed by atoms with E-state index in [0.717, 1.165) is 22.1 Å². The van der Waals surface area contributed by atoms with Crippen molar-refractivity contribution in [3.63, 3.8) is 0 Å². The van der Waals surface area contributed by atoms with Gasteiger partial charge in [-0.15, -0.1) is 22.7 Å². The molecule has 4 heteroatoms. The van der Waals surface area contributed by atoms with Crippen molar-refractivity contribution < 1.29 is 5.11 Å². The fraction of sp³-hybridized carbons (Fsp3) is 0.273. The van der Waals surface area contributed by atoms with Crippen LogP contribution in [0.3, 0.4) is 0 Å². The molecule has 0 saturated heterocycles. The van der Waals surface area contributed by atoms with Crippen molar-refractivity contribution >= 4 is 34.3 Å². The molecule has 2 heterocycles. The number of aryl methyl sites for hydroxylation is 1. The lowest BCUT2D eigenvalue weighted by molar-refractivity contribution is 0.172. The predicted octanol–water partition coefficient (Wildman–Crippen LogP) is 4.13. The highest BCUT2D eigenvalue weighted by atomic mass is 35.5. The molecule has 15 heavy (non-hydrogen) atoms. The lowest BCUT2D eigenvalue weighted by Crippen LogP contribution is -1.95. The molecule has 0 aliphatic rings. The summed E-state index contributed by atoms with van der Waals surface area (Å²) in [4.78, 5) is 2.27. The summed E-state index contributed by atoms with van der Waals surface area (Å²) in [6.45, 7) is 0. The maximum absolute atomic E-state index is 9.89. The normalized spacial score (nSPS) is 12.9. The third kappa shape index (κ3) is 3.05. The molecule has 0 spiro atoms. The number of hydrogen-bond acceptors (Lipinski definition) is 3. The van der Waals surface area contributed by atoms with Crippen LogP contribution in [0.2, 0.25) is 4.34 Å². The molecule has 0 aliphatic heterocycles. The summed E-state index contributed by atoms with van der Waals surface area (Å²) in [6, 6.07) is 7.86. The first-order chi connectivity index (χ1) is 7.25. The molecular weight excluding hydrogens is 248 g/mol. The van der Waals surface area contributed by atoms with E-state index in [1.54, 1.807) is 11.3 Å². The average Bonchev–Trinajstić information content (AvgIpc) is 2.84.